The number of fused-ring (bicyclic) bond motifs is 5. The molecule has 0 spiro atoms. The molecule has 14 atom stereocenters. The van der Waals surface area contributed by atoms with Gasteiger partial charge in [0.15, 0.2) is 6.29 Å². The molecule has 3 unspecified atom stereocenters. The maximum Gasteiger partial charge on any atom is 0.305 e. The summed E-state index contributed by atoms with van der Waals surface area (Å²) in [6, 6.07) is 0. The van der Waals surface area contributed by atoms with Crippen molar-refractivity contribution in [2.45, 2.75) is 194 Å². The van der Waals surface area contributed by atoms with Crippen LogP contribution in [0.15, 0.2) is 60.3 Å². The highest BCUT2D eigenvalue weighted by atomic mass is 16.7. The minimum Gasteiger partial charge on any atom is -0.463 e. The van der Waals surface area contributed by atoms with Gasteiger partial charge in [0.25, 0.3) is 0 Å². The summed E-state index contributed by atoms with van der Waals surface area (Å²) in [4.78, 5) is 12.6. The molecule has 0 radical (unpaired) electrons. The van der Waals surface area contributed by atoms with Gasteiger partial charge in [0.1, 0.15) is 31.0 Å². The monoisotopic (exact) mass is 807 g/mol. The lowest BCUT2D eigenvalue weighted by atomic mass is 9.47. The van der Waals surface area contributed by atoms with Crippen molar-refractivity contribution >= 4 is 5.97 Å². The van der Waals surface area contributed by atoms with Crippen molar-refractivity contribution in [3.63, 3.8) is 0 Å². The molecule has 7 nitrogen and oxygen atoms in total. The van der Waals surface area contributed by atoms with E-state index in [-0.39, 0.29) is 24.1 Å². The number of allylic oxidation sites excluding steroid dienone is 9. The minimum atomic E-state index is -1.46. The molecule has 3 N–H and O–H groups in total. The predicted molar refractivity (Wildman–Crippen MR) is 235 cm³/mol. The van der Waals surface area contributed by atoms with Crippen LogP contribution in [-0.4, -0.2) is 64.7 Å². The van der Waals surface area contributed by atoms with Gasteiger partial charge in [-0.05, 0) is 149 Å². The van der Waals surface area contributed by atoms with E-state index < -0.39 is 30.7 Å². The number of esters is 1. The van der Waals surface area contributed by atoms with E-state index in [9.17, 15) is 20.1 Å². The van der Waals surface area contributed by atoms with E-state index in [2.05, 4.69) is 103 Å². The summed E-state index contributed by atoms with van der Waals surface area (Å²) in [5.74, 6) is 4.56. The van der Waals surface area contributed by atoms with Crippen LogP contribution >= 0.6 is 0 Å². The number of carbonyl (C=O) groups is 1. The second kappa shape index (κ2) is 22.2. The molecule has 5 aliphatic rings. The van der Waals surface area contributed by atoms with Gasteiger partial charge in [-0.2, -0.15) is 0 Å². The van der Waals surface area contributed by atoms with Crippen LogP contribution in [0.1, 0.15) is 158 Å². The summed E-state index contributed by atoms with van der Waals surface area (Å²) in [5, 5.41) is 32.5. The van der Waals surface area contributed by atoms with Crippen LogP contribution in [0.4, 0.5) is 0 Å². The first-order valence-electron chi connectivity index (χ1n) is 23.7. The largest absolute Gasteiger partial charge is 0.463 e. The summed E-state index contributed by atoms with van der Waals surface area (Å²) < 4.78 is 18.0. The molecule has 3 saturated carbocycles. The number of hydrogen-bond acceptors (Lipinski definition) is 7. The van der Waals surface area contributed by atoms with Gasteiger partial charge in [0, 0.05) is 6.42 Å². The number of hydrogen-bond donors (Lipinski definition) is 3. The van der Waals surface area contributed by atoms with E-state index in [1.54, 1.807) is 0 Å². The maximum absolute atomic E-state index is 12.6. The lowest BCUT2D eigenvalue weighted by Gasteiger charge is -2.58. The molecule has 0 amide bonds. The molecule has 0 bridgehead atoms. The highest BCUT2D eigenvalue weighted by molar-refractivity contribution is 5.69. The third-order valence-corrected chi connectivity index (χ3v) is 15.7. The van der Waals surface area contributed by atoms with Crippen molar-refractivity contribution in [2.75, 3.05) is 6.61 Å². The number of carbonyl (C=O) groups excluding carboxylic acids is 1. The van der Waals surface area contributed by atoms with Gasteiger partial charge < -0.3 is 29.5 Å². The van der Waals surface area contributed by atoms with Crippen molar-refractivity contribution in [1.29, 1.82) is 0 Å². The fraction of sp³-hybridized carbons (Fsp3) is 0.784. The third-order valence-electron chi connectivity index (χ3n) is 15.7. The first kappa shape index (κ1) is 47.0. The van der Waals surface area contributed by atoms with Crippen molar-refractivity contribution in [1.82, 2.24) is 0 Å². The number of ether oxygens (including phenoxy) is 3. The summed E-state index contributed by atoms with van der Waals surface area (Å²) >= 11 is 0. The summed E-state index contributed by atoms with van der Waals surface area (Å²) in [5.41, 5.74) is 2.03. The van der Waals surface area contributed by atoms with E-state index in [1.807, 2.05) is 0 Å². The van der Waals surface area contributed by atoms with Gasteiger partial charge in [0.2, 0.25) is 0 Å². The lowest BCUT2D eigenvalue weighted by Crippen LogP contribution is -2.60. The predicted octanol–water partition coefficient (Wildman–Crippen LogP) is 11.0. The molecule has 1 aliphatic heterocycles. The number of aliphatic hydroxyl groups is 3. The van der Waals surface area contributed by atoms with E-state index in [0.29, 0.717) is 35.5 Å². The van der Waals surface area contributed by atoms with Crippen LogP contribution in [0.5, 0.6) is 0 Å². The van der Waals surface area contributed by atoms with Crippen molar-refractivity contribution in [3.05, 3.63) is 60.3 Å². The zero-order valence-corrected chi connectivity index (χ0v) is 37.4. The zero-order chi connectivity index (χ0) is 41.9. The molecule has 1 saturated heterocycles. The summed E-state index contributed by atoms with van der Waals surface area (Å²) in [7, 11) is 0. The number of unbranched alkanes of at least 4 members (excludes halogenated alkanes) is 3. The Labute approximate surface area is 352 Å². The molecule has 4 aliphatic carbocycles. The van der Waals surface area contributed by atoms with E-state index >= 15 is 0 Å². The smallest absolute Gasteiger partial charge is 0.305 e. The SMILES string of the molecule is CC/C=C\C/C=C\C/C=C\CCCCCC(=O)OCC1O[C@@H](O[C@H]2CC[C@@]3(C)C(=CC[C@H]4[C@@H]5CC[C@H]([C@H](C)/C=C/[C@@H](CC)C(C)C)[C@@]5(C)CC[C@@H]43)C2)C(O)C(O)[C@@H]1O. The van der Waals surface area contributed by atoms with Crippen LogP contribution < -0.4 is 0 Å². The minimum absolute atomic E-state index is 0.150. The van der Waals surface area contributed by atoms with Gasteiger partial charge in [-0.25, -0.2) is 0 Å². The zero-order valence-electron chi connectivity index (χ0n) is 37.4. The standard InChI is InChI=1S/C51H82O7/c1-8-10-11-12-13-14-15-16-17-18-19-20-21-22-45(52)56-34-44-46(53)47(54)48(55)49(58-44)57-39-29-31-50(6)38(33-39)25-26-40-42-28-27-41(51(42,7)32-30-43(40)50)36(5)23-24-37(9-2)35(3)4/h10-11,13-14,16-17,23-25,35-37,39-44,46-49,53-55H,8-9,12,15,18-22,26-34H2,1-7H3/b11-10-,14-13-,17-16-,24-23+/t36-,37-,39+,40+,41-,42+,43+,44?,46-,47?,48?,49-,50+,51-/m1/s1. The first-order valence-corrected chi connectivity index (χ1v) is 23.7. The third kappa shape index (κ3) is 11.5. The second-order valence-electron chi connectivity index (χ2n) is 19.6. The molecular weight excluding hydrogens is 725 g/mol. The quantitative estimate of drug-likeness (QED) is 0.0639. The van der Waals surface area contributed by atoms with Gasteiger partial charge in [-0.15, -0.1) is 0 Å². The fourth-order valence-corrected chi connectivity index (χ4v) is 12.1. The first-order chi connectivity index (χ1) is 27.8. The summed E-state index contributed by atoms with van der Waals surface area (Å²) in [6.07, 6.45) is 31.5. The Bertz CT molecular complexity index is 1430. The fourth-order valence-electron chi connectivity index (χ4n) is 12.1. The Morgan fingerprint density at radius 2 is 1.60 bits per heavy atom. The van der Waals surface area contributed by atoms with Crippen molar-refractivity contribution in [3.8, 4) is 0 Å². The molecule has 0 aromatic rings. The maximum atomic E-state index is 12.6. The Balaban J connectivity index is 1.07. The van der Waals surface area contributed by atoms with Crippen LogP contribution in [0.2, 0.25) is 0 Å². The van der Waals surface area contributed by atoms with Gasteiger partial charge in [-0.1, -0.05) is 115 Å². The van der Waals surface area contributed by atoms with Gasteiger partial charge in [0.05, 0.1) is 6.10 Å². The normalized spacial score (nSPS) is 37.7. The summed E-state index contributed by atoms with van der Waals surface area (Å²) in [6.45, 7) is 16.6. The highest BCUT2D eigenvalue weighted by Gasteiger charge is 2.59. The molecule has 7 heteroatoms. The van der Waals surface area contributed by atoms with Gasteiger partial charge in [-0.3, -0.25) is 4.79 Å². The molecular formula is C51H82O7. The topological polar surface area (TPSA) is 105 Å². The lowest BCUT2D eigenvalue weighted by molar-refractivity contribution is -0.313. The molecule has 328 valence electrons. The van der Waals surface area contributed by atoms with Crippen LogP contribution in [0.25, 0.3) is 0 Å². The van der Waals surface area contributed by atoms with Crippen LogP contribution in [-0.2, 0) is 19.0 Å². The Kier molecular flexibility index (Phi) is 18.0. The number of aliphatic hydroxyl groups excluding tert-OH is 3. The van der Waals surface area contributed by atoms with Crippen molar-refractivity contribution in [2.24, 2.45) is 52.3 Å². The van der Waals surface area contributed by atoms with E-state index in [4.69, 9.17) is 14.2 Å². The Morgan fingerprint density at radius 3 is 2.33 bits per heavy atom. The molecule has 4 fully saturated rings. The average molecular weight is 807 g/mol. The van der Waals surface area contributed by atoms with Crippen LogP contribution in [0, 0.1) is 52.3 Å². The van der Waals surface area contributed by atoms with Crippen LogP contribution in [0.3, 0.4) is 0 Å². The number of rotatable bonds is 20. The molecule has 1 heterocycles. The average Bonchev–Trinajstić information content (AvgIpc) is 3.56. The highest BCUT2D eigenvalue weighted by Crippen LogP contribution is 2.67. The molecule has 0 aromatic heterocycles. The van der Waals surface area contributed by atoms with E-state index in [0.717, 1.165) is 88.4 Å². The molecule has 5 rings (SSSR count). The second-order valence-corrected chi connectivity index (χ2v) is 19.6. The molecule has 0 aromatic carbocycles. The van der Waals surface area contributed by atoms with E-state index in [1.165, 1.54) is 37.7 Å². The Hall–Kier alpha value is -2.03. The van der Waals surface area contributed by atoms with Gasteiger partial charge >= 0.3 is 5.97 Å². The Morgan fingerprint density at radius 1 is 0.862 bits per heavy atom. The van der Waals surface area contributed by atoms with Crippen molar-refractivity contribution < 1.29 is 34.3 Å². The molecule has 58 heavy (non-hydrogen) atoms.